The first-order chi connectivity index (χ1) is 13.2. The quantitative estimate of drug-likeness (QED) is 0.647. The Bertz CT molecular complexity index is 1010. The van der Waals surface area contributed by atoms with E-state index in [0.29, 0.717) is 22.0 Å². The third-order valence-electron chi connectivity index (χ3n) is 4.57. The Morgan fingerprint density at radius 3 is 2.50 bits per heavy atom. The molecule has 1 atom stereocenters. The van der Waals surface area contributed by atoms with Crippen molar-refractivity contribution in [2.45, 2.75) is 19.0 Å². The normalized spacial score (nSPS) is 18.5. The number of hydrogen-bond acceptors (Lipinski definition) is 3. The van der Waals surface area contributed by atoms with Crippen LogP contribution in [0.5, 0.6) is 0 Å². The zero-order valence-corrected chi connectivity index (χ0v) is 17.1. The van der Waals surface area contributed by atoms with Crippen molar-refractivity contribution < 1.29 is 17.6 Å². The van der Waals surface area contributed by atoms with E-state index in [2.05, 4.69) is 0 Å². The van der Waals surface area contributed by atoms with Crippen LogP contribution in [0.2, 0.25) is 10.0 Å². The number of sulfone groups is 1. The topological polar surface area (TPSA) is 54.5 Å². The molecule has 0 aromatic heterocycles. The molecule has 1 amide bonds. The van der Waals surface area contributed by atoms with Crippen LogP contribution in [0, 0.1) is 5.82 Å². The van der Waals surface area contributed by atoms with Crippen LogP contribution in [0.15, 0.2) is 48.5 Å². The summed E-state index contributed by atoms with van der Waals surface area (Å²) >= 11 is 12.0. The molecule has 1 unspecified atom stereocenters. The smallest absolute Gasteiger partial charge is 0.247 e. The number of halogens is 3. The lowest BCUT2D eigenvalue weighted by molar-refractivity contribution is -0.128. The Morgan fingerprint density at radius 1 is 1.18 bits per heavy atom. The minimum Gasteiger partial charge on any atom is -0.331 e. The minimum absolute atomic E-state index is 0.0532. The monoisotopic (exact) mass is 441 g/mol. The molecular weight excluding hydrogens is 424 g/mol. The summed E-state index contributed by atoms with van der Waals surface area (Å²) in [7, 11) is -3.17. The Hall–Kier alpha value is -1.89. The van der Waals surface area contributed by atoms with Crippen LogP contribution in [0.1, 0.15) is 17.5 Å². The molecule has 1 aliphatic heterocycles. The van der Waals surface area contributed by atoms with Crippen molar-refractivity contribution in [1.82, 2.24) is 4.90 Å². The SMILES string of the molecule is O=C(C=Cc1ccc(Cl)cc1Cl)N(Cc1ccc(F)cc1)C1CCS(=O)(=O)C1. The van der Waals surface area contributed by atoms with Gasteiger partial charge in [0.2, 0.25) is 5.91 Å². The molecule has 0 spiro atoms. The zero-order valence-electron chi connectivity index (χ0n) is 14.8. The summed E-state index contributed by atoms with van der Waals surface area (Å²) in [6, 6.07) is 10.3. The van der Waals surface area contributed by atoms with Crippen LogP contribution >= 0.6 is 23.2 Å². The summed E-state index contributed by atoms with van der Waals surface area (Å²) in [6.07, 6.45) is 3.32. The third kappa shape index (κ3) is 5.34. The molecule has 0 bridgehead atoms. The third-order valence-corrected chi connectivity index (χ3v) is 6.88. The predicted octanol–water partition coefficient (Wildman–Crippen LogP) is 4.36. The van der Waals surface area contributed by atoms with Crippen molar-refractivity contribution in [1.29, 1.82) is 0 Å². The number of amides is 1. The standard InChI is InChI=1S/C20H18Cl2FNO3S/c21-16-5-3-15(19(22)11-16)4-8-20(25)24(18-9-10-28(26,27)13-18)12-14-1-6-17(23)7-2-14/h1-8,11,18H,9-10,12-13H2. The van der Waals surface area contributed by atoms with Gasteiger partial charge in [-0.1, -0.05) is 41.4 Å². The summed E-state index contributed by atoms with van der Waals surface area (Å²) in [6.45, 7) is 0.192. The molecule has 148 valence electrons. The van der Waals surface area contributed by atoms with Crippen molar-refractivity contribution >= 4 is 45.0 Å². The summed E-state index contributed by atoms with van der Waals surface area (Å²) in [5.74, 6) is -0.729. The maximum atomic E-state index is 13.2. The molecule has 8 heteroatoms. The molecule has 1 heterocycles. The first-order valence-corrected chi connectivity index (χ1v) is 11.2. The molecule has 0 aliphatic carbocycles. The van der Waals surface area contributed by atoms with Gasteiger partial charge in [-0.15, -0.1) is 0 Å². The minimum atomic E-state index is -3.17. The number of hydrogen-bond donors (Lipinski definition) is 0. The van der Waals surface area contributed by atoms with Gasteiger partial charge < -0.3 is 4.90 Å². The van der Waals surface area contributed by atoms with Crippen molar-refractivity contribution in [2.75, 3.05) is 11.5 Å². The summed E-state index contributed by atoms with van der Waals surface area (Å²) < 4.78 is 36.9. The average molecular weight is 442 g/mol. The summed E-state index contributed by atoms with van der Waals surface area (Å²) in [5.41, 5.74) is 1.34. The van der Waals surface area contributed by atoms with Crippen molar-refractivity contribution in [3.8, 4) is 0 Å². The molecular formula is C20H18Cl2FNO3S. The van der Waals surface area contributed by atoms with E-state index in [1.54, 1.807) is 36.4 Å². The lowest BCUT2D eigenvalue weighted by atomic mass is 10.1. The molecule has 4 nitrogen and oxygen atoms in total. The summed E-state index contributed by atoms with van der Waals surface area (Å²) in [5, 5.41) is 0.896. The highest BCUT2D eigenvalue weighted by atomic mass is 35.5. The fraction of sp³-hybridized carbons (Fsp3) is 0.250. The van der Waals surface area contributed by atoms with Crippen molar-refractivity contribution in [3.05, 3.63) is 75.5 Å². The number of nitrogens with zero attached hydrogens (tertiary/aromatic N) is 1. The van der Waals surface area contributed by atoms with Gasteiger partial charge in [-0.2, -0.15) is 0 Å². The van der Waals surface area contributed by atoms with E-state index in [9.17, 15) is 17.6 Å². The largest absolute Gasteiger partial charge is 0.331 e. The van der Waals surface area contributed by atoms with Crippen molar-refractivity contribution in [3.63, 3.8) is 0 Å². The van der Waals surface area contributed by atoms with Crippen LogP contribution in [0.3, 0.4) is 0 Å². The molecule has 3 rings (SSSR count). The van der Waals surface area contributed by atoms with Crippen molar-refractivity contribution in [2.24, 2.45) is 0 Å². The van der Waals surface area contributed by atoms with Gasteiger partial charge in [0.1, 0.15) is 5.82 Å². The maximum Gasteiger partial charge on any atom is 0.247 e. The van der Waals surface area contributed by atoms with Gasteiger partial charge in [0.15, 0.2) is 9.84 Å². The number of benzene rings is 2. The molecule has 0 N–H and O–H groups in total. The number of carbonyl (C=O) groups excluding carboxylic acids is 1. The first-order valence-electron chi connectivity index (χ1n) is 8.62. The van der Waals surface area contributed by atoms with Crippen LogP contribution in [0.25, 0.3) is 6.08 Å². The van der Waals surface area contributed by atoms with Gasteiger partial charge in [-0.25, -0.2) is 12.8 Å². The molecule has 2 aromatic rings. The average Bonchev–Trinajstić information content (AvgIpc) is 2.99. The Morgan fingerprint density at radius 2 is 1.89 bits per heavy atom. The zero-order chi connectivity index (χ0) is 20.3. The van der Waals surface area contributed by atoms with E-state index < -0.39 is 15.9 Å². The second kappa shape index (κ2) is 8.64. The Balaban J connectivity index is 1.83. The molecule has 28 heavy (non-hydrogen) atoms. The van der Waals surface area contributed by atoms with Crippen LogP contribution in [-0.4, -0.2) is 36.8 Å². The van der Waals surface area contributed by atoms with E-state index in [0.717, 1.165) is 5.56 Å². The van der Waals surface area contributed by atoms with Gasteiger partial charge in [0, 0.05) is 28.7 Å². The van der Waals surface area contributed by atoms with E-state index in [-0.39, 0.29) is 29.8 Å². The highest BCUT2D eigenvalue weighted by Gasteiger charge is 2.34. The van der Waals surface area contributed by atoms with Crippen LogP contribution in [0.4, 0.5) is 4.39 Å². The van der Waals surface area contributed by atoms with Gasteiger partial charge in [0.05, 0.1) is 11.5 Å². The first kappa shape index (κ1) is 20.8. The van der Waals surface area contributed by atoms with E-state index >= 15 is 0 Å². The predicted molar refractivity (Wildman–Crippen MR) is 110 cm³/mol. The van der Waals surface area contributed by atoms with E-state index in [1.807, 2.05) is 0 Å². The Kier molecular flexibility index (Phi) is 6.43. The van der Waals surface area contributed by atoms with E-state index in [4.69, 9.17) is 23.2 Å². The molecule has 0 saturated carbocycles. The Labute approximate surface area is 173 Å². The molecule has 1 saturated heterocycles. The second-order valence-electron chi connectivity index (χ2n) is 6.65. The van der Waals surface area contributed by atoms with Gasteiger partial charge in [0.25, 0.3) is 0 Å². The van der Waals surface area contributed by atoms with Crippen LogP contribution < -0.4 is 0 Å². The van der Waals surface area contributed by atoms with Gasteiger partial charge >= 0.3 is 0 Å². The fourth-order valence-corrected chi connectivity index (χ4v) is 5.29. The highest BCUT2D eigenvalue weighted by Crippen LogP contribution is 2.24. The van der Waals surface area contributed by atoms with E-state index in [1.165, 1.54) is 23.1 Å². The second-order valence-corrected chi connectivity index (χ2v) is 9.72. The number of rotatable bonds is 5. The molecule has 2 aromatic carbocycles. The highest BCUT2D eigenvalue weighted by molar-refractivity contribution is 7.91. The summed E-state index contributed by atoms with van der Waals surface area (Å²) in [4.78, 5) is 14.4. The molecule has 1 aliphatic rings. The lowest BCUT2D eigenvalue weighted by Crippen LogP contribution is -2.39. The molecule has 0 radical (unpaired) electrons. The lowest BCUT2D eigenvalue weighted by Gasteiger charge is -2.27. The molecule has 1 fully saturated rings. The number of carbonyl (C=O) groups is 1. The van der Waals surface area contributed by atoms with Crippen LogP contribution in [-0.2, 0) is 21.2 Å². The van der Waals surface area contributed by atoms with Gasteiger partial charge in [-0.3, -0.25) is 4.79 Å². The maximum absolute atomic E-state index is 13.2. The fourth-order valence-electron chi connectivity index (χ4n) is 3.09. The van der Waals surface area contributed by atoms with Gasteiger partial charge in [-0.05, 0) is 47.9 Å².